The Balaban J connectivity index is 1.36. The van der Waals surface area contributed by atoms with E-state index in [1.165, 1.54) is 11.1 Å². The summed E-state index contributed by atoms with van der Waals surface area (Å²) in [7, 11) is 3.84. The number of carbonyl (C=O) groups is 1. The number of amides is 1. The molecule has 0 saturated carbocycles. The Hall–Kier alpha value is -2.18. The van der Waals surface area contributed by atoms with Crippen LogP contribution in [0, 0.1) is 11.8 Å². The van der Waals surface area contributed by atoms with Crippen LogP contribution >= 0.6 is 0 Å². The molecule has 2 aromatic rings. The van der Waals surface area contributed by atoms with Crippen LogP contribution in [0.5, 0.6) is 0 Å². The highest BCUT2D eigenvalue weighted by molar-refractivity contribution is 5.91. The number of para-hydroxylation sites is 1. The third-order valence-electron chi connectivity index (χ3n) is 6.75. The maximum atomic E-state index is 12.1. The topological polar surface area (TPSA) is 57.7 Å². The zero-order valence-electron chi connectivity index (χ0n) is 16.6. The van der Waals surface area contributed by atoms with E-state index in [0.717, 1.165) is 31.4 Å². The first-order valence-electron chi connectivity index (χ1n) is 10.2. The second-order valence-corrected chi connectivity index (χ2v) is 8.80. The molecule has 3 fully saturated rings. The van der Waals surface area contributed by atoms with Gasteiger partial charge in [-0.15, -0.1) is 0 Å². The van der Waals surface area contributed by atoms with Gasteiger partial charge in [-0.3, -0.25) is 9.78 Å². The van der Waals surface area contributed by atoms with Gasteiger partial charge >= 0.3 is 0 Å². The van der Waals surface area contributed by atoms with Gasteiger partial charge in [0, 0.05) is 48.7 Å². The first kappa shape index (κ1) is 17.9. The van der Waals surface area contributed by atoms with E-state index in [1.807, 2.05) is 31.3 Å². The molecular weight excluding hydrogens is 352 g/mol. The number of likely N-dealkylation sites (N-methyl/N-ethyl adjacent to an activating group) is 1. The minimum absolute atomic E-state index is 0.0496. The third kappa shape index (κ3) is 2.86. The Bertz CT molecular complexity index is 896. The molecule has 148 valence electrons. The smallest absolute Gasteiger partial charge is 0.234 e. The fraction of sp³-hybridized carbons (Fsp3) is 0.545. The fourth-order valence-corrected chi connectivity index (χ4v) is 5.58. The van der Waals surface area contributed by atoms with Crippen molar-refractivity contribution in [2.75, 3.05) is 45.2 Å². The summed E-state index contributed by atoms with van der Waals surface area (Å²) in [6, 6.07) is 10.5. The maximum Gasteiger partial charge on any atom is 0.234 e. The van der Waals surface area contributed by atoms with E-state index < -0.39 is 0 Å². The van der Waals surface area contributed by atoms with Gasteiger partial charge in [0.15, 0.2) is 0 Å². The van der Waals surface area contributed by atoms with Gasteiger partial charge in [-0.2, -0.15) is 0 Å². The first-order valence-corrected chi connectivity index (χ1v) is 10.2. The number of fused-ring (bicyclic) bond motifs is 2. The molecule has 2 bridgehead atoms. The van der Waals surface area contributed by atoms with Crippen LogP contribution in [0.2, 0.25) is 0 Å². The van der Waals surface area contributed by atoms with Gasteiger partial charge in [-0.25, -0.2) is 0 Å². The molecule has 6 nitrogen and oxygen atoms in total. The average Bonchev–Trinajstić information content (AvgIpc) is 3.33. The SMILES string of the molecule is CN(C)CC(=O)NC[C@H]1[C@H]2CN(c3ccnc4ccccc34)C[C@]23CC[C@H]1O3. The lowest BCUT2D eigenvalue weighted by Crippen LogP contribution is -2.43. The Morgan fingerprint density at radius 1 is 1.36 bits per heavy atom. The van der Waals surface area contributed by atoms with Crippen molar-refractivity contribution in [2.45, 2.75) is 24.5 Å². The first-order chi connectivity index (χ1) is 13.6. The Morgan fingerprint density at radius 3 is 3.07 bits per heavy atom. The number of anilines is 1. The normalized spacial score (nSPS) is 31.0. The molecule has 1 N–H and O–H groups in total. The molecule has 4 heterocycles. The molecule has 1 spiro atoms. The standard InChI is InChI=1S/C22H28N4O2/c1-25(2)13-21(27)24-11-16-17-12-26(14-22(17)9-7-20(16)28-22)19-8-10-23-18-6-4-3-5-15(18)19/h3-6,8,10,16-17,20H,7,9,11-14H2,1-2H3,(H,24,27)/t16-,17+,20+,22+/m0/s1. The monoisotopic (exact) mass is 380 g/mol. The van der Waals surface area contributed by atoms with Crippen molar-refractivity contribution in [3.05, 3.63) is 36.5 Å². The van der Waals surface area contributed by atoms with Crippen LogP contribution in [-0.4, -0.2) is 67.8 Å². The second kappa shape index (κ2) is 6.71. The van der Waals surface area contributed by atoms with Crippen molar-refractivity contribution in [3.63, 3.8) is 0 Å². The summed E-state index contributed by atoms with van der Waals surface area (Å²) in [5, 5.41) is 4.35. The van der Waals surface area contributed by atoms with Crippen LogP contribution in [0.25, 0.3) is 10.9 Å². The molecule has 6 heteroatoms. The summed E-state index contributed by atoms with van der Waals surface area (Å²) < 4.78 is 6.55. The van der Waals surface area contributed by atoms with Crippen LogP contribution in [0.3, 0.4) is 0 Å². The van der Waals surface area contributed by atoms with Gasteiger partial charge in [0.25, 0.3) is 0 Å². The molecule has 1 aromatic carbocycles. The van der Waals surface area contributed by atoms with Crippen LogP contribution in [-0.2, 0) is 9.53 Å². The number of rotatable bonds is 5. The summed E-state index contributed by atoms with van der Waals surface area (Å²) in [5.41, 5.74) is 2.23. The van der Waals surface area contributed by atoms with E-state index in [2.05, 4.69) is 39.5 Å². The summed E-state index contributed by atoms with van der Waals surface area (Å²) in [6.07, 6.45) is 4.43. The van der Waals surface area contributed by atoms with Crippen molar-refractivity contribution in [1.29, 1.82) is 0 Å². The van der Waals surface area contributed by atoms with Crippen molar-refractivity contribution < 1.29 is 9.53 Å². The minimum atomic E-state index is -0.0496. The zero-order valence-corrected chi connectivity index (χ0v) is 16.6. The summed E-state index contributed by atoms with van der Waals surface area (Å²) in [4.78, 5) is 21.0. The molecule has 0 radical (unpaired) electrons. The lowest BCUT2D eigenvalue weighted by atomic mass is 9.73. The number of hydrogen-bond donors (Lipinski definition) is 1. The predicted molar refractivity (Wildman–Crippen MR) is 109 cm³/mol. The molecule has 1 aromatic heterocycles. The Kier molecular flexibility index (Phi) is 4.29. The molecule has 3 aliphatic heterocycles. The summed E-state index contributed by atoms with van der Waals surface area (Å²) in [6.45, 7) is 3.07. The van der Waals surface area contributed by atoms with Gasteiger partial charge < -0.3 is 19.9 Å². The lowest BCUT2D eigenvalue weighted by Gasteiger charge is -2.29. The second-order valence-electron chi connectivity index (χ2n) is 8.80. The van der Waals surface area contributed by atoms with Gasteiger partial charge in [0.1, 0.15) is 0 Å². The van der Waals surface area contributed by atoms with E-state index in [1.54, 1.807) is 0 Å². The number of nitrogens with one attached hydrogen (secondary N) is 1. The number of nitrogens with zero attached hydrogens (tertiary/aromatic N) is 3. The minimum Gasteiger partial charge on any atom is -0.369 e. The highest BCUT2D eigenvalue weighted by atomic mass is 16.5. The molecule has 28 heavy (non-hydrogen) atoms. The van der Waals surface area contributed by atoms with Crippen LogP contribution in [0.1, 0.15) is 12.8 Å². The van der Waals surface area contributed by atoms with Gasteiger partial charge in [-0.05, 0) is 39.1 Å². The van der Waals surface area contributed by atoms with Crippen LogP contribution < -0.4 is 10.2 Å². The Morgan fingerprint density at radius 2 is 2.21 bits per heavy atom. The van der Waals surface area contributed by atoms with E-state index in [-0.39, 0.29) is 11.5 Å². The quantitative estimate of drug-likeness (QED) is 0.859. The van der Waals surface area contributed by atoms with Crippen molar-refractivity contribution in [1.82, 2.24) is 15.2 Å². The molecule has 4 atom stereocenters. The van der Waals surface area contributed by atoms with Crippen LogP contribution in [0.4, 0.5) is 5.69 Å². The average molecular weight is 380 g/mol. The highest BCUT2D eigenvalue weighted by Gasteiger charge is 2.62. The van der Waals surface area contributed by atoms with E-state index in [0.29, 0.717) is 31.0 Å². The van der Waals surface area contributed by atoms with Crippen molar-refractivity contribution in [2.24, 2.45) is 11.8 Å². The molecular formula is C22H28N4O2. The van der Waals surface area contributed by atoms with E-state index in [4.69, 9.17) is 4.74 Å². The molecule has 1 amide bonds. The highest BCUT2D eigenvalue weighted by Crippen LogP contribution is 2.55. The zero-order chi connectivity index (χ0) is 19.3. The molecule has 0 aliphatic carbocycles. The molecule has 5 rings (SSSR count). The lowest BCUT2D eigenvalue weighted by molar-refractivity contribution is -0.122. The number of hydrogen-bond acceptors (Lipinski definition) is 5. The van der Waals surface area contributed by atoms with Gasteiger partial charge in [-0.1, -0.05) is 18.2 Å². The van der Waals surface area contributed by atoms with Gasteiger partial charge in [0.2, 0.25) is 5.91 Å². The number of benzene rings is 1. The fourth-order valence-electron chi connectivity index (χ4n) is 5.58. The van der Waals surface area contributed by atoms with E-state index in [9.17, 15) is 4.79 Å². The van der Waals surface area contributed by atoms with Gasteiger partial charge in [0.05, 0.1) is 23.8 Å². The summed E-state index contributed by atoms with van der Waals surface area (Å²) in [5.74, 6) is 0.965. The van der Waals surface area contributed by atoms with Crippen molar-refractivity contribution >= 4 is 22.5 Å². The summed E-state index contributed by atoms with van der Waals surface area (Å²) >= 11 is 0. The number of carbonyl (C=O) groups excluding carboxylic acids is 1. The molecule has 0 unspecified atom stereocenters. The largest absolute Gasteiger partial charge is 0.369 e. The number of pyridine rings is 1. The molecule has 3 aliphatic rings. The Labute approximate surface area is 165 Å². The maximum absolute atomic E-state index is 12.1. The van der Waals surface area contributed by atoms with E-state index >= 15 is 0 Å². The predicted octanol–water partition coefficient (Wildman–Crippen LogP) is 1.90. The molecule has 3 saturated heterocycles. The van der Waals surface area contributed by atoms with Crippen LogP contribution in [0.15, 0.2) is 36.5 Å². The third-order valence-corrected chi connectivity index (χ3v) is 6.75. The van der Waals surface area contributed by atoms with Crippen molar-refractivity contribution in [3.8, 4) is 0 Å². The number of aromatic nitrogens is 1. The number of ether oxygens (including phenoxy) is 1.